The van der Waals surface area contributed by atoms with E-state index in [9.17, 15) is 23.7 Å². The highest BCUT2D eigenvalue weighted by Gasteiger charge is 2.23. The summed E-state index contributed by atoms with van der Waals surface area (Å²) in [5.41, 5.74) is -0.903. The predicted molar refractivity (Wildman–Crippen MR) is 54.0 cm³/mol. The van der Waals surface area contributed by atoms with Gasteiger partial charge in [-0.1, -0.05) is 0 Å². The Morgan fingerprint density at radius 1 is 1.60 bits per heavy atom. The predicted octanol–water partition coefficient (Wildman–Crippen LogP) is 2.34. The second-order valence-electron chi connectivity index (χ2n) is 2.44. The van der Waals surface area contributed by atoms with Crippen molar-refractivity contribution < 1.29 is 18.5 Å². The Bertz CT molecular complexity index is 425. The molecule has 1 aromatic rings. The fraction of sp³-hybridized carbons (Fsp3) is 0.143. The number of carbonyl (C=O) groups is 1. The number of rotatable bonds is 3. The molecule has 15 heavy (non-hydrogen) atoms. The fourth-order valence-electron chi connectivity index (χ4n) is 0.885. The van der Waals surface area contributed by atoms with Crippen LogP contribution in [-0.4, -0.2) is 16.2 Å². The van der Waals surface area contributed by atoms with Crippen LogP contribution in [-0.2, 0) is 0 Å². The summed E-state index contributed by atoms with van der Waals surface area (Å²) in [5, 5.41) is 10.3. The highest BCUT2D eigenvalue weighted by atomic mass is 127. The Morgan fingerprint density at radius 3 is 2.60 bits per heavy atom. The van der Waals surface area contributed by atoms with Gasteiger partial charge in [0.05, 0.1) is 3.57 Å². The van der Waals surface area contributed by atoms with E-state index in [4.69, 9.17) is 0 Å². The molecule has 0 amide bonds. The molecule has 1 heterocycles. The monoisotopic (exact) mass is 328 g/mol. The maximum absolute atomic E-state index is 12.4. The number of halogens is 3. The minimum atomic E-state index is -2.88. The summed E-state index contributed by atoms with van der Waals surface area (Å²) in [5.74, 6) is -0.757. The van der Waals surface area contributed by atoms with Crippen LogP contribution in [0.4, 0.5) is 14.6 Å². The molecule has 0 spiro atoms. The highest BCUT2D eigenvalue weighted by Crippen LogP contribution is 2.28. The summed E-state index contributed by atoms with van der Waals surface area (Å²) in [6, 6.07) is 0.666. The quantitative estimate of drug-likeness (QED) is 0.369. The molecule has 0 N–H and O–H groups in total. The van der Waals surface area contributed by atoms with Crippen molar-refractivity contribution in [3.8, 4) is 0 Å². The zero-order chi connectivity index (χ0) is 11.6. The topological polar surface area (TPSA) is 73.1 Å². The summed E-state index contributed by atoms with van der Waals surface area (Å²) >= 11 is 1.50. The second-order valence-corrected chi connectivity index (χ2v) is 3.52. The lowest BCUT2D eigenvalue weighted by Gasteiger charge is -2.02. The first kappa shape index (κ1) is 11.9. The molecular weight excluding hydrogens is 325 g/mol. The Labute approximate surface area is 95.8 Å². The molecule has 0 aliphatic heterocycles. The van der Waals surface area contributed by atoms with Gasteiger partial charge in [-0.15, -0.1) is 0 Å². The van der Waals surface area contributed by atoms with Crippen molar-refractivity contribution >= 4 is 34.7 Å². The van der Waals surface area contributed by atoms with Crippen LogP contribution in [0.5, 0.6) is 0 Å². The van der Waals surface area contributed by atoms with Gasteiger partial charge in [0.15, 0.2) is 6.29 Å². The van der Waals surface area contributed by atoms with Gasteiger partial charge >= 0.3 is 5.82 Å². The minimum Gasteiger partial charge on any atom is -0.358 e. The average molecular weight is 328 g/mol. The fourth-order valence-corrected chi connectivity index (χ4v) is 1.52. The number of nitrogens with zero attached hydrogens (tertiary/aromatic N) is 2. The molecule has 0 unspecified atom stereocenters. The normalized spacial score (nSPS) is 10.4. The van der Waals surface area contributed by atoms with Crippen LogP contribution in [0.3, 0.4) is 0 Å². The molecule has 0 aromatic carbocycles. The molecule has 0 bridgehead atoms. The van der Waals surface area contributed by atoms with E-state index in [0.717, 1.165) is 0 Å². The second kappa shape index (κ2) is 4.55. The van der Waals surface area contributed by atoms with Crippen molar-refractivity contribution in [3.05, 3.63) is 31.0 Å². The Balaban J connectivity index is 3.45. The summed E-state index contributed by atoms with van der Waals surface area (Å²) in [6.07, 6.45) is -2.67. The van der Waals surface area contributed by atoms with E-state index in [1.165, 1.54) is 22.6 Å². The van der Waals surface area contributed by atoms with E-state index in [2.05, 4.69) is 4.98 Å². The van der Waals surface area contributed by atoms with E-state index >= 15 is 0 Å². The third-order valence-corrected chi connectivity index (χ3v) is 2.71. The largest absolute Gasteiger partial charge is 0.364 e. The van der Waals surface area contributed by atoms with E-state index in [1.807, 2.05) is 0 Å². The SMILES string of the molecule is O=Cc1nc([N+](=O)[O-])cc(C(F)F)c1I. The van der Waals surface area contributed by atoms with Gasteiger partial charge < -0.3 is 10.1 Å². The third kappa shape index (κ3) is 2.43. The van der Waals surface area contributed by atoms with Gasteiger partial charge in [-0.3, -0.25) is 4.79 Å². The van der Waals surface area contributed by atoms with Crippen molar-refractivity contribution in [2.24, 2.45) is 0 Å². The van der Waals surface area contributed by atoms with Crippen LogP contribution in [0.25, 0.3) is 0 Å². The van der Waals surface area contributed by atoms with Crippen LogP contribution in [0.15, 0.2) is 6.07 Å². The first-order valence-electron chi connectivity index (χ1n) is 3.55. The standard InChI is InChI=1S/C7H3F2IN2O3/c8-7(9)3-1-5(12(14)15)11-4(2-13)6(3)10/h1-2,7H. The molecule has 8 heteroatoms. The maximum Gasteiger partial charge on any atom is 0.364 e. The van der Waals surface area contributed by atoms with E-state index in [0.29, 0.717) is 6.07 Å². The number of nitro groups is 1. The van der Waals surface area contributed by atoms with Gasteiger partial charge in [0.2, 0.25) is 5.69 Å². The number of hydrogen-bond donors (Lipinski definition) is 0. The lowest BCUT2D eigenvalue weighted by molar-refractivity contribution is -0.389. The summed E-state index contributed by atoms with van der Waals surface area (Å²) in [4.78, 5) is 23.2. The average Bonchev–Trinajstić information content (AvgIpc) is 2.17. The minimum absolute atomic E-state index is 0.0665. The Kier molecular flexibility index (Phi) is 3.61. The zero-order valence-corrected chi connectivity index (χ0v) is 9.14. The van der Waals surface area contributed by atoms with Gasteiger partial charge in [0.1, 0.15) is 0 Å². The maximum atomic E-state index is 12.4. The van der Waals surface area contributed by atoms with Crippen molar-refractivity contribution in [3.63, 3.8) is 0 Å². The number of aromatic nitrogens is 1. The van der Waals surface area contributed by atoms with Crippen LogP contribution in [0, 0.1) is 13.7 Å². The molecule has 0 aliphatic carbocycles. The molecule has 0 aliphatic rings. The molecule has 1 aromatic heterocycles. The molecule has 0 fully saturated rings. The summed E-state index contributed by atoms with van der Waals surface area (Å²) < 4.78 is 24.8. The molecule has 80 valence electrons. The van der Waals surface area contributed by atoms with Crippen LogP contribution < -0.4 is 0 Å². The molecule has 1 rings (SSSR count). The third-order valence-electron chi connectivity index (χ3n) is 1.53. The van der Waals surface area contributed by atoms with Gasteiger partial charge in [-0.25, -0.2) is 8.78 Å². The van der Waals surface area contributed by atoms with Crippen molar-refractivity contribution in [1.82, 2.24) is 4.98 Å². The van der Waals surface area contributed by atoms with E-state index in [1.54, 1.807) is 0 Å². The first-order chi connectivity index (χ1) is 6.97. The molecule has 5 nitrogen and oxygen atoms in total. The lowest BCUT2D eigenvalue weighted by Crippen LogP contribution is -2.03. The van der Waals surface area contributed by atoms with Crippen molar-refractivity contribution in [2.75, 3.05) is 0 Å². The lowest BCUT2D eigenvalue weighted by atomic mass is 10.2. The molecule has 0 saturated heterocycles. The smallest absolute Gasteiger partial charge is 0.358 e. The highest BCUT2D eigenvalue weighted by molar-refractivity contribution is 14.1. The first-order valence-corrected chi connectivity index (χ1v) is 4.63. The zero-order valence-electron chi connectivity index (χ0n) is 6.99. The summed E-state index contributed by atoms with van der Waals surface area (Å²) in [7, 11) is 0. The van der Waals surface area contributed by atoms with E-state index < -0.39 is 22.7 Å². The van der Waals surface area contributed by atoms with Gasteiger partial charge in [0, 0.05) is 11.6 Å². The van der Waals surface area contributed by atoms with Crippen LogP contribution >= 0.6 is 22.6 Å². The molecule has 0 radical (unpaired) electrons. The number of aldehydes is 1. The Morgan fingerprint density at radius 2 is 2.20 bits per heavy atom. The van der Waals surface area contributed by atoms with Crippen LogP contribution in [0.1, 0.15) is 22.5 Å². The van der Waals surface area contributed by atoms with Gasteiger partial charge in [0.25, 0.3) is 6.43 Å². The molecule has 0 atom stereocenters. The molecular formula is C7H3F2IN2O3. The number of hydrogen-bond acceptors (Lipinski definition) is 4. The van der Waals surface area contributed by atoms with Gasteiger partial charge in [-0.05, 0) is 32.5 Å². The van der Waals surface area contributed by atoms with Crippen molar-refractivity contribution in [2.45, 2.75) is 6.43 Å². The van der Waals surface area contributed by atoms with Crippen molar-refractivity contribution in [1.29, 1.82) is 0 Å². The van der Waals surface area contributed by atoms with E-state index in [-0.39, 0.29) is 15.6 Å². The Hall–Kier alpha value is -1.19. The van der Waals surface area contributed by atoms with Gasteiger partial charge in [-0.2, -0.15) is 0 Å². The number of carbonyl (C=O) groups excluding carboxylic acids is 1. The summed E-state index contributed by atoms with van der Waals surface area (Å²) in [6.45, 7) is 0. The molecule has 0 saturated carbocycles. The number of alkyl halides is 2. The number of pyridine rings is 1. The van der Waals surface area contributed by atoms with Crippen LogP contribution in [0.2, 0.25) is 0 Å².